The van der Waals surface area contributed by atoms with E-state index in [1.807, 2.05) is 0 Å². The third-order valence-corrected chi connectivity index (χ3v) is 4.13. The Morgan fingerprint density at radius 2 is 1.55 bits per heavy atom. The maximum Gasteiger partial charge on any atom is -0.0114 e. The fourth-order valence-corrected chi connectivity index (χ4v) is 2.19. The third kappa shape index (κ3) is 1.04. The second-order valence-corrected chi connectivity index (χ2v) is 4.61. The van der Waals surface area contributed by atoms with Crippen molar-refractivity contribution >= 4 is 0 Å². The van der Waals surface area contributed by atoms with Gasteiger partial charge >= 0.3 is 0 Å². The molecule has 0 bridgehead atoms. The summed E-state index contributed by atoms with van der Waals surface area (Å²) in [6.45, 7) is 14.0. The van der Waals surface area contributed by atoms with Gasteiger partial charge in [-0.05, 0) is 31.1 Å². The molecule has 1 rings (SSSR count). The van der Waals surface area contributed by atoms with Gasteiger partial charge in [0.2, 0.25) is 0 Å². The Labute approximate surface area is 70.7 Å². The maximum atomic E-state index is 2.37. The lowest BCUT2D eigenvalue weighted by molar-refractivity contribution is 0.267. The highest BCUT2D eigenvalue weighted by atomic mass is 14.4. The van der Waals surface area contributed by atoms with Crippen LogP contribution in [0.3, 0.4) is 0 Å². The van der Waals surface area contributed by atoms with Crippen LogP contribution in [-0.4, -0.2) is 0 Å². The second kappa shape index (κ2) is 2.36. The fraction of sp³-hybridized carbons (Fsp3) is 0.818. The Hall–Kier alpha value is -0.260. The maximum absolute atomic E-state index is 2.37. The fourth-order valence-electron chi connectivity index (χ4n) is 2.19. The van der Waals surface area contributed by atoms with Crippen LogP contribution in [0.25, 0.3) is 0 Å². The van der Waals surface area contributed by atoms with Gasteiger partial charge in [-0.15, -0.1) is 0 Å². The van der Waals surface area contributed by atoms with Gasteiger partial charge in [0, 0.05) is 0 Å². The lowest BCUT2D eigenvalue weighted by Crippen LogP contribution is -2.20. The second-order valence-electron chi connectivity index (χ2n) is 4.61. The summed E-state index contributed by atoms with van der Waals surface area (Å²) in [5, 5.41) is 0. The Kier molecular flexibility index (Phi) is 1.90. The van der Waals surface area contributed by atoms with Crippen molar-refractivity contribution in [3.8, 4) is 0 Å². The lowest BCUT2D eigenvalue weighted by Gasteiger charge is -2.28. The quantitative estimate of drug-likeness (QED) is 0.465. The predicted molar refractivity (Wildman–Crippen MR) is 50.5 cm³/mol. The Bertz CT molecular complexity index is 196. The molecule has 0 heterocycles. The van der Waals surface area contributed by atoms with Gasteiger partial charge in [0.05, 0.1) is 0 Å². The van der Waals surface area contributed by atoms with E-state index in [0.29, 0.717) is 5.41 Å². The van der Waals surface area contributed by atoms with Gasteiger partial charge < -0.3 is 0 Å². The van der Waals surface area contributed by atoms with Crippen molar-refractivity contribution in [2.45, 2.75) is 41.5 Å². The van der Waals surface area contributed by atoms with Crippen molar-refractivity contribution in [1.29, 1.82) is 0 Å². The number of hydrogen-bond donors (Lipinski definition) is 0. The molecule has 1 aliphatic carbocycles. The predicted octanol–water partition coefficient (Wildman–Crippen LogP) is 3.63. The Balaban J connectivity index is 3.06. The van der Waals surface area contributed by atoms with Gasteiger partial charge in [-0.3, -0.25) is 0 Å². The SMILES string of the molecule is CC1=C(C)C(C)(C)C(C)[C@H]1C. The van der Waals surface area contributed by atoms with Gasteiger partial charge in [-0.25, -0.2) is 0 Å². The monoisotopic (exact) mass is 152 g/mol. The topological polar surface area (TPSA) is 0 Å². The molecule has 11 heavy (non-hydrogen) atoms. The van der Waals surface area contributed by atoms with Crippen LogP contribution in [0.4, 0.5) is 0 Å². The summed E-state index contributed by atoms with van der Waals surface area (Å²) < 4.78 is 0. The molecule has 0 heteroatoms. The van der Waals surface area contributed by atoms with E-state index in [9.17, 15) is 0 Å². The van der Waals surface area contributed by atoms with E-state index < -0.39 is 0 Å². The zero-order chi connectivity index (χ0) is 8.81. The molecule has 0 N–H and O–H groups in total. The van der Waals surface area contributed by atoms with Gasteiger partial charge in [0.25, 0.3) is 0 Å². The summed E-state index contributed by atoms with van der Waals surface area (Å²) in [6.07, 6.45) is 0. The summed E-state index contributed by atoms with van der Waals surface area (Å²) in [4.78, 5) is 0. The highest BCUT2D eigenvalue weighted by molar-refractivity contribution is 5.27. The van der Waals surface area contributed by atoms with E-state index in [2.05, 4.69) is 41.5 Å². The molecule has 0 aromatic heterocycles. The lowest BCUT2D eigenvalue weighted by atomic mass is 9.76. The number of hydrogen-bond acceptors (Lipinski definition) is 0. The molecule has 0 saturated heterocycles. The highest BCUT2D eigenvalue weighted by Gasteiger charge is 2.39. The first-order valence-electron chi connectivity index (χ1n) is 4.57. The summed E-state index contributed by atoms with van der Waals surface area (Å²) in [5.41, 5.74) is 3.66. The molecule has 1 unspecified atom stereocenters. The normalized spacial score (nSPS) is 36.5. The molecular formula is C11H20. The molecule has 1 aliphatic rings. The molecule has 0 aromatic carbocycles. The molecule has 0 amide bonds. The zero-order valence-electron chi connectivity index (χ0n) is 8.65. The Morgan fingerprint density at radius 1 is 1.09 bits per heavy atom. The van der Waals surface area contributed by atoms with Crippen molar-refractivity contribution in [1.82, 2.24) is 0 Å². The van der Waals surface area contributed by atoms with E-state index in [-0.39, 0.29) is 0 Å². The molecule has 64 valence electrons. The first kappa shape index (κ1) is 8.83. The molecule has 0 saturated carbocycles. The molecule has 0 radical (unpaired) electrons. The minimum Gasteiger partial charge on any atom is -0.0707 e. The zero-order valence-corrected chi connectivity index (χ0v) is 8.65. The summed E-state index contributed by atoms with van der Waals surface area (Å²) in [7, 11) is 0. The van der Waals surface area contributed by atoms with Crippen LogP contribution < -0.4 is 0 Å². The minimum atomic E-state index is 0.434. The van der Waals surface area contributed by atoms with Gasteiger partial charge in [0.15, 0.2) is 0 Å². The summed E-state index contributed by atoms with van der Waals surface area (Å²) in [5.74, 6) is 1.59. The molecule has 0 aromatic rings. The van der Waals surface area contributed by atoms with E-state index in [1.54, 1.807) is 11.1 Å². The molecule has 0 spiro atoms. The summed E-state index contributed by atoms with van der Waals surface area (Å²) >= 11 is 0. The Morgan fingerprint density at radius 3 is 1.64 bits per heavy atom. The van der Waals surface area contributed by atoms with Crippen LogP contribution in [0.2, 0.25) is 0 Å². The molecular weight excluding hydrogens is 132 g/mol. The van der Waals surface area contributed by atoms with Crippen molar-refractivity contribution < 1.29 is 0 Å². The van der Waals surface area contributed by atoms with Crippen molar-refractivity contribution in [2.24, 2.45) is 17.3 Å². The van der Waals surface area contributed by atoms with Gasteiger partial charge in [-0.1, -0.05) is 38.8 Å². The third-order valence-electron chi connectivity index (χ3n) is 4.13. The van der Waals surface area contributed by atoms with E-state index in [1.165, 1.54) is 0 Å². The van der Waals surface area contributed by atoms with E-state index in [0.717, 1.165) is 11.8 Å². The largest absolute Gasteiger partial charge is 0.0707 e. The van der Waals surface area contributed by atoms with Crippen LogP contribution in [0.15, 0.2) is 11.1 Å². The van der Waals surface area contributed by atoms with E-state index in [4.69, 9.17) is 0 Å². The van der Waals surface area contributed by atoms with Crippen molar-refractivity contribution in [2.75, 3.05) is 0 Å². The van der Waals surface area contributed by atoms with E-state index >= 15 is 0 Å². The summed E-state index contributed by atoms with van der Waals surface area (Å²) in [6, 6.07) is 0. The van der Waals surface area contributed by atoms with Crippen LogP contribution in [0.1, 0.15) is 41.5 Å². The molecule has 2 atom stereocenters. The molecule has 0 fully saturated rings. The van der Waals surface area contributed by atoms with Crippen molar-refractivity contribution in [3.63, 3.8) is 0 Å². The minimum absolute atomic E-state index is 0.434. The average Bonchev–Trinajstić information content (AvgIpc) is 2.06. The smallest absolute Gasteiger partial charge is 0.0114 e. The number of rotatable bonds is 0. The molecule has 0 aliphatic heterocycles. The number of allylic oxidation sites excluding steroid dienone is 2. The first-order chi connectivity index (χ1) is 4.89. The van der Waals surface area contributed by atoms with Crippen LogP contribution >= 0.6 is 0 Å². The van der Waals surface area contributed by atoms with Gasteiger partial charge in [-0.2, -0.15) is 0 Å². The average molecular weight is 152 g/mol. The first-order valence-corrected chi connectivity index (χ1v) is 4.57. The van der Waals surface area contributed by atoms with Crippen LogP contribution in [0, 0.1) is 17.3 Å². The molecule has 0 nitrogen and oxygen atoms in total. The highest BCUT2D eigenvalue weighted by Crippen LogP contribution is 2.49. The van der Waals surface area contributed by atoms with Gasteiger partial charge in [0.1, 0.15) is 0 Å². The standard InChI is InChI=1S/C11H20/c1-7-8(2)10(4)11(5,6)9(7)3/h7,9H,1-6H3/t7-,9?/m0/s1. The van der Waals surface area contributed by atoms with Crippen molar-refractivity contribution in [3.05, 3.63) is 11.1 Å². The van der Waals surface area contributed by atoms with Crippen LogP contribution in [-0.2, 0) is 0 Å². The van der Waals surface area contributed by atoms with Crippen LogP contribution in [0.5, 0.6) is 0 Å².